The molecular weight excluding hydrogens is 226 g/mol. The summed E-state index contributed by atoms with van der Waals surface area (Å²) in [7, 11) is 0. The van der Waals surface area contributed by atoms with Crippen LogP contribution in [0.25, 0.3) is 0 Å². The maximum Gasteiger partial charge on any atom is 0.312 e. The van der Waals surface area contributed by atoms with Crippen LogP contribution >= 0.6 is 12.0 Å². The maximum absolute atomic E-state index is 10.9. The molecule has 0 atom stereocenters. The molecule has 0 aliphatic rings. The molecule has 0 unspecified atom stereocenters. The first-order chi connectivity index (χ1) is 7.70. The first-order valence-electron chi connectivity index (χ1n) is 5.26. The highest BCUT2D eigenvalue weighted by Crippen LogP contribution is 2.34. The third-order valence-corrected chi connectivity index (χ3v) is 2.57. The largest absolute Gasteiger partial charge is 0.418 e. The normalized spacial score (nSPS) is 10.1. The average molecular weight is 241 g/mol. The molecule has 0 spiro atoms. The molecule has 0 aliphatic heterocycles. The van der Waals surface area contributed by atoms with Crippen LogP contribution < -0.4 is 4.18 Å². The Kier molecular flexibility index (Phi) is 5.11. The predicted molar refractivity (Wildman–Crippen MR) is 65.9 cm³/mol. The summed E-state index contributed by atoms with van der Waals surface area (Å²) in [6.45, 7) is 3.98. The van der Waals surface area contributed by atoms with E-state index in [1.807, 2.05) is 19.9 Å². The van der Waals surface area contributed by atoms with Crippen molar-refractivity contribution >= 4 is 17.7 Å². The first-order valence-corrected chi connectivity index (χ1v) is 6.17. The molecule has 1 aromatic carbocycles. The number of benzene rings is 1. The quantitative estimate of drug-likeness (QED) is 0.434. The van der Waals surface area contributed by atoms with E-state index in [4.69, 9.17) is 4.18 Å². The van der Waals surface area contributed by atoms with Crippen LogP contribution in [-0.2, 0) is 6.42 Å². The molecular formula is C11H15NO3S. The summed E-state index contributed by atoms with van der Waals surface area (Å²) in [6, 6.07) is 5.05. The zero-order valence-electron chi connectivity index (χ0n) is 9.43. The molecule has 0 heterocycles. The van der Waals surface area contributed by atoms with Gasteiger partial charge in [0.15, 0.2) is 0 Å². The van der Waals surface area contributed by atoms with Crippen LogP contribution in [0.1, 0.15) is 25.8 Å². The predicted octanol–water partition coefficient (Wildman–Crippen LogP) is 3.59. The molecule has 1 aromatic rings. The standard InChI is InChI=1S/C11H15NO3S/c1-3-6-9-7-5-8-10(12(13)14)11(9)15-16-4-2/h5,7-8H,3-4,6H2,1-2H3. The zero-order chi connectivity index (χ0) is 12.0. The van der Waals surface area contributed by atoms with Crippen molar-refractivity contribution in [3.8, 4) is 5.75 Å². The van der Waals surface area contributed by atoms with Crippen LogP contribution in [0.4, 0.5) is 5.69 Å². The van der Waals surface area contributed by atoms with E-state index >= 15 is 0 Å². The van der Waals surface area contributed by atoms with Gasteiger partial charge >= 0.3 is 5.69 Å². The Morgan fingerprint density at radius 2 is 2.19 bits per heavy atom. The number of nitro groups is 1. The molecule has 16 heavy (non-hydrogen) atoms. The van der Waals surface area contributed by atoms with Gasteiger partial charge in [0.2, 0.25) is 5.75 Å². The van der Waals surface area contributed by atoms with Gasteiger partial charge in [-0.15, -0.1) is 0 Å². The minimum absolute atomic E-state index is 0.0481. The molecule has 0 fully saturated rings. The summed E-state index contributed by atoms with van der Waals surface area (Å²) < 4.78 is 5.41. The van der Waals surface area contributed by atoms with Gasteiger partial charge in [-0.1, -0.05) is 32.4 Å². The van der Waals surface area contributed by atoms with Gasteiger partial charge in [-0.25, -0.2) is 0 Å². The molecule has 0 aromatic heterocycles. The molecule has 0 saturated carbocycles. The zero-order valence-corrected chi connectivity index (χ0v) is 10.3. The van der Waals surface area contributed by atoms with Crippen LogP contribution in [0.2, 0.25) is 0 Å². The molecule has 0 radical (unpaired) electrons. The number of aryl methyl sites for hydroxylation is 1. The number of para-hydroxylation sites is 1. The summed E-state index contributed by atoms with van der Waals surface area (Å²) in [5.41, 5.74) is 0.949. The first kappa shape index (κ1) is 12.8. The Balaban J connectivity index is 3.07. The SMILES string of the molecule is CCCc1cccc([N+](=O)[O-])c1OSCC. The summed E-state index contributed by atoms with van der Waals surface area (Å²) in [5.74, 6) is 1.17. The molecule has 0 aliphatic carbocycles. The molecule has 88 valence electrons. The van der Waals surface area contributed by atoms with Crippen molar-refractivity contribution in [3.63, 3.8) is 0 Å². The number of hydrogen-bond acceptors (Lipinski definition) is 4. The Bertz CT molecular complexity index is 368. The van der Waals surface area contributed by atoms with Crippen LogP contribution in [0, 0.1) is 10.1 Å². The minimum atomic E-state index is -0.398. The highest BCUT2D eigenvalue weighted by atomic mass is 32.2. The summed E-state index contributed by atoms with van der Waals surface area (Å²) >= 11 is 1.23. The summed E-state index contributed by atoms with van der Waals surface area (Å²) in [5, 5.41) is 10.9. The Morgan fingerprint density at radius 1 is 1.44 bits per heavy atom. The maximum atomic E-state index is 10.9. The van der Waals surface area contributed by atoms with E-state index < -0.39 is 4.92 Å². The molecule has 0 amide bonds. The highest BCUT2D eigenvalue weighted by molar-refractivity contribution is 7.94. The Hall–Kier alpha value is -1.23. The summed E-state index contributed by atoms with van der Waals surface area (Å²) in [4.78, 5) is 10.5. The van der Waals surface area contributed by atoms with Crippen molar-refractivity contribution in [2.24, 2.45) is 0 Å². The molecule has 0 bridgehead atoms. The van der Waals surface area contributed by atoms with Gasteiger partial charge in [-0.05, 0) is 6.42 Å². The van der Waals surface area contributed by atoms with Crippen LogP contribution in [0.15, 0.2) is 18.2 Å². The monoisotopic (exact) mass is 241 g/mol. The summed E-state index contributed by atoms with van der Waals surface area (Å²) in [6.07, 6.45) is 1.73. The topological polar surface area (TPSA) is 52.4 Å². The van der Waals surface area contributed by atoms with Gasteiger partial charge in [0.05, 0.1) is 17.0 Å². The second kappa shape index (κ2) is 6.37. The van der Waals surface area contributed by atoms with Crippen molar-refractivity contribution in [2.45, 2.75) is 26.7 Å². The molecule has 5 heteroatoms. The van der Waals surface area contributed by atoms with Crippen molar-refractivity contribution < 1.29 is 9.11 Å². The fraction of sp³-hybridized carbons (Fsp3) is 0.455. The second-order valence-corrected chi connectivity index (χ2v) is 4.24. The van der Waals surface area contributed by atoms with E-state index in [1.165, 1.54) is 18.1 Å². The third-order valence-electron chi connectivity index (χ3n) is 2.05. The van der Waals surface area contributed by atoms with Crippen LogP contribution in [0.3, 0.4) is 0 Å². The number of rotatable bonds is 6. The molecule has 4 nitrogen and oxygen atoms in total. The van der Waals surface area contributed by atoms with Crippen molar-refractivity contribution in [2.75, 3.05) is 5.75 Å². The minimum Gasteiger partial charge on any atom is -0.418 e. The van der Waals surface area contributed by atoms with Crippen LogP contribution in [0.5, 0.6) is 5.75 Å². The Morgan fingerprint density at radius 3 is 2.75 bits per heavy atom. The lowest BCUT2D eigenvalue weighted by Gasteiger charge is -2.08. The second-order valence-electron chi connectivity index (χ2n) is 3.26. The van der Waals surface area contributed by atoms with Gasteiger partial charge in [0, 0.05) is 17.4 Å². The molecule has 0 saturated heterocycles. The van der Waals surface area contributed by atoms with Crippen molar-refractivity contribution in [3.05, 3.63) is 33.9 Å². The lowest BCUT2D eigenvalue weighted by Crippen LogP contribution is -1.97. The van der Waals surface area contributed by atoms with E-state index in [9.17, 15) is 10.1 Å². The van der Waals surface area contributed by atoms with Gasteiger partial charge in [-0.3, -0.25) is 10.1 Å². The fourth-order valence-electron chi connectivity index (χ4n) is 1.40. The van der Waals surface area contributed by atoms with Gasteiger partial charge in [-0.2, -0.15) is 0 Å². The van der Waals surface area contributed by atoms with Crippen molar-refractivity contribution in [1.29, 1.82) is 0 Å². The van der Waals surface area contributed by atoms with Gasteiger partial charge in [0.1, 0.15) is 0 Å². The van der Waals surface area contributed by atoms with E-state index in [0.717, 1.165) is 24.2 Å². The lowest BCUT2D eigenvalue weighted by molar-refractivity contribution is -0.385. The smallest absolute Gasteiger partial charge is 0.312 e. The third kappa shape index (κ3) is 3.13. The van der Waals surface area contributed by atoms with E-state index in [-0.39, 0.29) is 5.69 Å². The van der Waals surface area contributed by atoms with Crippen LogP contribution in [-0.4, -0.2) is 10.7 Å². The van der Waals surface area contributed by atoms with E-state index in [2.05, 4.69) is 0 Å². The Labute approximate surface area is 99.4 Å². The fourth-order valence-corrected chi connectivity index (χ4v) is 1.82. The van der Waals surface area contributed by atoms with Crippen molar-refractivity contribution in [1.82, 2.24) is 0 Å². The lowest BCUT2D eigenvalue weighted by atomic mass is 10.1. The number of nitro benzene ring substituents is 1. The number of nitrogens with zero attached hydrogens (tertiary/aromatic N) is 1. The molecule has 1 rings (SSSR count). The van der Waals surface area contributed by atoms with Gasteiger partial charge in [0.25, 0.3) is 0 Å². The highest BCUT2D eigenvalue weighted by Gasteiger charge is 2.18. The van der Waals surface area contributed by atoms with E-state index in [0.29, 0.717) is 5.75 Å². The molecule has 0 N–H and O–H groups in total. The van der Waals surface area contributed by atoms with Gasteiger partial charge < -0.3 is 4.18 Å². The average Bonchev–Trinajstić information content (AvgIpc) is 2.27. The number of hydrogen-bond donors (Lipinski definition) is 0. The van der Waals surface area contributed by atoms with E-state index in [1.54, 1.807) is 6.07 Å².